The van der Waals surface area contributed by atoms with E-state index in [1.807, 2.05) is 54.6 Å². The molecular weight excluding hydrogens is 626 g/mol. The maximum atomic E-state index is 12.8. The first-order valence-electron chi connectivity index (χ1n) is 16.4. The Labute approximate surface area is 283 Å². The van der Waals surface area contributed by atoms with Crippen molar-refractivity contribution in [2.75, 3.05) is 37.6 Å². The van der Waals surface area contributed by atoms with Crippen LogP contribution in [0.5, 0.6) is 0 Å². The SMILES string of the molecule is C[C@H]1[C@@H](CN2CCN(c3ncccn3)CC2)OC(c2ccc(CNC(=O)c3ccc4c(c3)C(=O)OC4=O)cc2)O[C@H]1c1ccc(CO)cc1. The summed E-state index contributed by atoms with van der Waals surface area (Å²) in [6.45, 7) is 6.51. The molecule has 0 aliphatic carbocycles. The van der Waals surface area contributed by atoms with Gasteiger partial charge in [-0.3, -0.25) is 9.69 Å². The maximum absolute atomic E-state index is 12.8. The van der Waals surface area contributed by atoms with Crippen LogP contribution in [-0.2, 0) is 27.4 Å². The zero-order valence-corrected chi connectivity index (χ0v) is 27.0. The Morgan fingerprint density at radius 2 is 1.53 bits per heavy atom. The number of hydrogen-bond acceptors (Lipinski definition) is 11. The number of benzene rings is 3. The van der Waals surface area contributed by atoms with Gasteiger partial charge in [-0.1, -0.05) is 55.5 Å². The third kappa shape index (κ3) is 7.08. The van der Waals surface area contributed by atoms with Crippen molar-refractivity contribution in [3.8, 4) is 0 Å². The maximum Gasteiger partial charge on any atom is 0.346 e. The first kappa shape index (κ1) is 32.5. The summed E-state index contributed by atoms with van der Waals surface area (Å²) in [4.78, 5) is 49.9. The van der Waals surface area contributed by atoms with E-state index in [2.05, 4.69) is 36.7 Å². The van der Waals surface area contributed by atoms with Gasteiger partial charge in [0, 0.05) is 68.7 Å². The van der Waals surface area contributed by atoms with E-state index in [1.165, 1.54) is 18.2 Å². The number of aromatic nitrogens is 2. The highest BCUT2D eigenvalue weighted by molar-refractivity contribution is 6.15. The molecule has 1 amide bonds. The van der Waals surface area contributed by atoms with Crippen molar-refractivity contribution in [1.82, 2.24) is 20.2 Å². The molecule has 1 aromatic heterocycles. The predicted octanol–water partition coefficient (Wildman–Crippen LogP) is 3.82. The molecule has 49 heavy (non-hydrogen) atoms. The Bertz CT molecular complexity index is 1810. The number of cyclic esters (lactones) is 2. The van der Waals surface area contributed by atoms with Crippen LogP contribution >= 0.6 is 0 Å². The summed E-state index contributed by atoms with van der Waals surface area (Å²) in [5.74, 6) is -1.02. The summed E-state index contributed by atoms with van der Waals surface area (Å²) in [6.07, 6.45) is 2.58. The third-order valence-electron chi connectivity index (χ3n) is 9.38. The smallest absolute Gasteiger partial charge is 0.346 e. The molecule has 2 fully saturated rings. The molecule has 0 saturated carbocycles. The molecule has 0 radical (unpaired) electrons. The van der Waals surface area contributed by atoms with E-state index in [0.717, 1.165) is 60.9 Å². The number of nitrogens with one attached hydrogen (secondary N) is 1. The van der Waals surface area contributed by atoms with Gasteiger partial charge in [-0.05, 0) is 41.0 Å². The Hall–Kier alpha value is -5.01. The van der Waals surface area contributed by atoms with Crippen LogP contribution in [0, 0.1) is 5.92 Å². The highest BCUT2D eigenvalue weighted by Gasteiger charge is 2.39. The van der Waals surface area contributed by atoms with Crippen LogP contribution in [0.15, 0.2) is 85.2 Å². The van der Waals surface area contributed by atoms with Crippen molar-refractivity contribution in [3.05, 3.63) is 124 Å². The van der Waals surface area contributed by atoms with E-state index in [-0.39, 0.29) is 53.9 Å². The number of carbonyl (C=O) groups is 3. The van der Waals surface area contributed by atoms with Gasteiger partial charge in [0.15, 0.2) is 6.29 Å². The molecule has 4 atom stereocenters. The van der Waals surface area contributed by atoms with E-state index < -0.39 is 18.2 Å². The lowest BCUT2D eigenvalue weighted by atomic mass is 9.90. The van der Waals surface area contributed by atoms with E-state index in [1.54, 1.807) is 12.4 Å². The average molecular weight is 664 g/mol. The molecule has 252 valence electrons. The van der Waals surface area contributed by atoms with Gasteiger partial charge < -0.3 is 29.5 Å². The number of nitrogens with zero attached hydrogens (tertiary/aromatic N) is 4. The molecule has 2 N–H and O–H groups in total. The second kappa shape index (κ2) is 14.2. The number of ether oxygens (including phenoxy) is 3. The van der Waals surface area contributed by atoms with E-state index >= 15 is 0 Å². The monoisotopic (exact) mass is 663 g/mol. The van der Waals surface area contributed by atoms with Crippen LogP contribution in [0.3, 0.4) is 0 Å². The molecule has 3 aliphatic rings. The van der Waals surface area contributed by atoms with Gasteiger partial charge in [-0.2, -0.15) is 0 Å². The van der Waals surface area contributed by atoms with Crippen molar-refractivity contribution < 1.29 is 33.7 Å². The topological polar surface area (TPSA) is 143 Å². The lowest BCUT2D eigenvalue weighted by molar-refractivity contribution is -0.276. The van der Waals surface area contributed by atoms with Crippen molar-refractivity contribution in [2.24, 2.45) is 5.92 Å². The van der Waals surface area contributed by atoms with E-state index in [0.29, 0.717) is 0 Å². The molecule has 4 aromatic rings. The number of aliphatic hydroxyl groups is 1. The summed E-state index contributed by atoms with van der Waals surface area (Å²) < 4.78 is 17.9. The lowest BCUT2D eigenvalue weighted by Crippen LogP contribution is -2.51. The second-order valence-electron chi connectivity index (χ2n) is 12.5. The number of fused-ring (bicyclic) bond motifs is 1. The van der Waals surface area contributed by atoms with Gasteiger partial charge in [0.25, 0.3) is 5.91 Å². The van der Waals surface area contributed by atoms with Crippen molar-refractivity contribution in [2.45, 2.75) is 38.6 Å². The number of anilines is 1. The largest absolute Gasteiger partial charge is 0.392 e. The van der Waals surface area contributed by atoms with Gasteiger partial charge in [0.1, 0.15) is 0 Å². The Morgan fingerprint density at radius 1 is 0.857 bits per heavy atom. The number of rotatable bonds is 9. The van der Waals surface area contributed by atoms with Crippen LogP contribution in [0.1, 0.15) is 72.6 Å². The summed E-state index contributed by atoms with van der Waals surface area (Å²) in [6, 6.07) is 21.7. The molecule has 1 unspecified atom stereocenters. The Kier molecular flexibility index (Phi) is 9.45. The minimum Gasteiger partial charge on any atom is -0.392 e. The zero-order valence-electron chi connectivity index (χ0n) is 27.0. The van der Waals surface area contributed by atoms with Crippen LogP contribution in [0.4, 0.5) is 5.95 Å². The minimum atomic E-state index is -0.751. The average Bonchev–Trinajstić information content (AvgIpc) is 3.44. The minimum absolute atomic E-state index is 0.0223. The molecule has 3 aromatic carbocycles. The van der Waals surface area contributed by atoms with E-state index in [4.69, 9.17) is 9.47 Å². The summed E-state index contributed by atoms with van der Waals surface area (Å²) >= 11 is 0. The number of esters is 2. The van der Waals surface area contributed by atoms with Crippen molar-refractivity contribution in [1.29, 1.82) is 0 Å². The van der Waals surface area contributed by atoms with Crippen molar-refractivity contribution in [3.63, 3.8) is 0 Å². The molecular formula is C37H37N5O7. The van der Waals surface area contributed by atoms with Gasteiger partial charge in [-0.25, -0.2) is 19.6 Å². The quantitative estimate of drug-likeness (QED) is 0.199. The number of hydrogen-bond donors (Lipinski definition) is 2. The molecule has 12 nitrogen and oxygen atoms in total. The Morgan fingerprint density at radius 3 is 2.24 bits per heavy atom. The first-order chi connectivity index (χ1) is 23.9. The summed E-state index contributed by atoms with van der Waals surface area (Å²) in [5, 5.41) is 12.4. The number of aliphatic hydroxyl groups excluding tert-OH is 1. The van der Waals surface area contributed by atoms with Crippen molar-refractivity contribution >= 4 is 23.8 Å². The predicted molar refractivity (Wildman–Crippen MR) is 177 cm³/mol. The van der Waals surface area contributed by atoms with Crippen LogP contribution in [0.2, 0.25) is 0 Å². The van der Waals surface area contributed by atoms with Gasteiger partial charge >= 0.3 is 11.9 Å². The fourth-order valence-electron chi connectivity index (χ4n) is 6.47. The van der Waals surface area contributed by atoms with Gasteiger partial charge in [-0.15, -0.1) is 0 Å². The molecule has 7 rings (SSSR count). The van der Waals surface area contributed by atoms with E-state index in [9.17, 15) is 19.5 Å². The molecule has 0 bridgehead atoms. The highest BCUT2D eigenvalue weighted by atomic mass is 16.7. The van der Waals surface area contributed by atoms with Gasteiger partial charge in [0.2, 0.25) is 5.95 Å². The second-order valence-corrected chi connectivity index (χ2v) is 12.5. The first-order valence-corrected chi connectivity index (χ1v) is 16.4. The fraction of sp³-hybridized carbons (Fsp3) is 0.324. The summed E-state index contributed by atoms with van der Waals surface area (Å²) in [5.41, 5.74) is 4.10. The standard InChI is InChI=1S/C37H37N5O7/c1-23-31(21-41-15-17-42(18-16-41)37-38-13-2-14-39-37)47-36(48-32(23)26-7-5-25(22-43)6-8-26)27-9-3-24(4-10-27)20-40-33(44)28-11-12-29-30(19-28)35(46)49-34(29)45/h2-14,19,23,31-32,36,43H,15-18,20-22H2,1H3,(H,40,44)/t23-,31+,32+,36?/m0/s1. The highest BCUT2D eigenvalue weighted by Crippen LogP contribution is 2.42. The van der Waals surface area contributed by atoms with Gasteiger partial charge in [0.05, 0.1) is 29.9 Å². The normalized spacial score (nSPS) is 22.4. The fourth-order valence-corrected chi connectivity index (χ4v) is 6.47. The molecule has 3 aliphatic heterocycles. The molecule has 2 saturated heterocycles. The molecule has 4 heterocycles. The van der Waals surface area contributed by atoms with Crippen LogP contribution in [-0.4, -0.2) is 76.6 Å². The number of carbonyl (C=O) groups excluding carboxylic acids is 3. The summed E-state index contributed by atoms with van der Waals surface area (Å²) in [7, 11) is 0. The van der Waals surface area contributed by atoms with Crippen LogP contribution in [0.25, 0.3) is 0 Å². The number of amides is 1. The van der Waals surface area contributed by atoms with Crippen LogP contribution < -0.4 is 10.2 Å². The third-order valence-corrected chi connectivity index (χ3v) is 9.38. The molecule has 0 spiro atoms. The Balaban J connectivity index is 1.02. The zero-order chi connectivity index (χ0) is 33.9. The lowest BCUT2D eigenvalue weighted by Gasteiger charge is -2.44. The molecule has 12 heteroatoms. The number of piperazine rings is 1.